The number of amides is 2. The highest BCUT2D eigenvalue weighted by Gasteiger charge is 2.19. The summed E-state index contributed by atoms with van der Waals surface area (Å²) in [5.41, 5.74) is 5.95. The zero-order chi connectivity index (χ0) is 26.8. The molecule has 2 amide bonds. The molecule has 0 saturated carbocycles. The Hall–Kier alpha value is -3.40. The topological polar surface area (TPSA) is 77.0 Å². The van der Waals surface area contributed by atoms with Crippen LogP contribution in [0.25, 0.3) is 0 Å². The van der Waals surface area contributed by atoms with Crippen molar-refractivity contribution in [2.75, 3.05) is 38.5 Å². The van der Waals surface area contributed by atoms with Crippen molar-refractivity contribution in [2.45, 2.75) is 27.3 Å². The summed E-state index contributed by atoms with van der Waals surface area (Å²) in [7, 11) is 2.08. The van der Waals surface area contributed by atoms with E-state index in [1.807, 2.05) is 30.5 Å². The Morgan fingerprint density at radius 3 is 2.49 bits per heavy atom. The molecule has 0 aliphatic rings. The lowest BCUT2D eigenvalue weighted by Crippen LogP contribution is -2.32. The molecular formula is C28H34FN5O2S. The van der Waals surface area contributed by atoms with Crippen LogP contribution in [0.1, 0.15) is 50.6 Å². The van der Waals surface area contributed by atoms with Crippen LogP contribution in [0, 0.1) is 12.7 Å². The average Bonchev–Trinajstić information content (AvgIpc) is 3.25. The van der Waals surface area contributed by atoms with E-state index < -0.39 is 5.91 Å². The molecule has 0 bridgehead atoms. The van der Waals surface area contributed by atoms with E-state index in [1.165, 1.54) is 29.7 Å². The third-order valence-electron chi connectivity index (χ3n) is 6.00. The van der Waals surface area contributed by atoms with Crippen molar-refractivity contribution in [2.24, 2.45) is 5.10 Å². The minimum atomic E-state index is -0.435. The van der Waals surface area contributed by atoms with E-state index in [-0.39, 0.29) is 11.7 Å². The molecule has 3 rings (SSSR count). The molecule has 37 heavy (non-hydrogen) atoms. The predicted octanol–water partition coefficient (Wildman–Crippen LogP) is 4.99. The van der Waals surface area contributed by atoms with Gasteiger partial charge in [0.25, 0.3) is 11.8 Å². The number of nitrogens with zero attached hydrogens (tertiary/aromatic N) is 3. The monoisotopic (exact) mass is 523 g/mol. The quantitative estimate of drug-likeness (QED) is 0.259. The molecule has 2 N–H and O–H groups in total. The highest BCUT2D eigenvalue weighted by Crippen LogP contribution is 2.28. The number of thiophene rings is 1. The number of nitrogens with one attached hydrogen (secondary N) is 2. The van der Waals surface area contributed by atoms with Crippen molar-refractivity contribution in [3.63, 3.8) is 0 Å². The third-order valence-corrected chi connectivity index (χ3v) is 7.10. The van der Waals surface area contributed by atoms with Gasteiger partial charge in [-0.15, -0.1) is 11.3 Å². The number of aryl methyl sites for hydroxylation is 1. The molecule has 1 heterocycles. The molecule has 0 unspecified atom stereocenters. The molecule has 0 spiro atoms. The van der Waals surface area contributed by atoms with Crippen LogP contribution in [0.3, 0.4) is 0 Å². The number of hydrogen-bond donors (Lipinski definition) is 2. The molecule has 1 aromatic heterocycles. The zero-order valence-corrected chi connectivity index (χ0v) is 22.6. The van der Waals surface area contributed by atoms with Crippen LogP contribution < -0.4 is 10.7 Å². The fourth-order valence-electron chi connectivity index (χ4n) is 3.77. The predicted molar refractivity (Wildman–Crippen MR) is 149 cm³/mol. The standard InChI is InChI=1S/C28H34FN5O2S/c1-5-34(6-2)15-14-33(4)18-22-8-7-9-23(16-22)27(35)31-25-20(3)19-37-26(25)28(36)32-30-17-21-10-12-24(29)13-11-21/h7-13,16-17,19H,5-6,14-15,18H2,1-4H3,(H,31,35)(H,32,36)/b30-17+. The molecule has 0 aliphatic heterocycles. The van der Waals surface area contributed by atoms with Gasteiger partial charge in [-0.05, 0) is 73.4 Å². The van der Waals surface area contributed by atoms with Gasteiger partial charge in [-0.1, -0.05) is 38.1 Å². The molecular weight excluding hydrogens is 489 g/mol. The molecule has 3 aromatic rings. The van der Waals surface area contributed by atoms with Gasteiger partial charge in [0, 0.05) is 25.2 Å². The van der Waals surface area contributed by atoms with E-state index in [9.17, 15) is 14.0 Å². The van der Waals surface area contributed by atoms with Gasteiger partial charge in [0.2, 0.25) is 0 Å². The van der Waals surface area contributed by atoms with Gasteiger partial charge in [-0.3, -0.25) is 9.59 Å². The Kier molecular flexibility index (Phi) is 10.5. The molecule has 196 valence electrons. The van der Waals surface area contributed by atoms with E-state index in [1.54, 1.807) is 18.2 Å². The van der Waals surface area contributed by atoms with Gasteiger partial charge < -0.3 is 15.1 Å². The summed E-state index contributed by atoms with van der Waals surface area (Å²) in [4.78, 5) is 30.8. The summed E-state index contributed by atoms with van der Waals surface area (Å²) in [6, 6.07) is 13.3. The number of benzene rings is 2. The molecule has 0 radical (unpaired) electrons. The molecule has 9 heteroatoms. The van der Waals surface area contributed by atoms with Gasteiger partial charge in [0.15, 0.2) is 0 Å². The van der Waals surface area contributed by atoms with Crippen LogP contribution in [-0.4, -0.2) is 61.1 Å². The maximum atomic E-state index is 13.1. The number of anilines is 1. The maximum Gasteiger partial charge on any atom is 0.283 e. The first-order chi connectivity index (χ1) is 17.8. The lowest BCUT2D eigenvalue weighted by molar-refractivity contribution is 0.0960. The smallest absolute Gasteiger partial charge is 0.283 e. The van der Waals surface area contributed by atoms with E-state index in [2.05, 4.69) is 46.5 Å². The zero-order valence-electron chi connectivity index (χ0n) is 21.8. The Bertz CT molecular complexity index is 1220. The lowest BCUT2D eigenvalue weighted by Gasteiger charge is -2.23. The van der Waals surface area contributed by atoms with Gasteiger partial charge >= 0.3 is 0 Å². The highest BCUT2D eigenvalue weighted by molar-refractivity contribution is 7.13. The fourth-order valence-corrected chi connectivity index (χ4v) is 4.67. The fraction of sp³-hybridized carbons (Fsp3) is 0.321. The first-order valence-corrected chi connectivity index (χ1v) is 13.2. The van der Waals surface area contributed by atoms with Crippen LogP contribution in [0.2, 0.25) is 0 Å². The van der Waals surface area contributed by atoms with Gasteiger partial charge in [0.1, 0.15) is 10.7 Å². The average molecular weight is 524 g/mol. The summed E-state index contributed by atoms with van der Waals surface area (Å²) >= 11 is 1.23. The van der Waals surface area contributed by atoms with Crippen molar-refractivity contribution in [1.82, 2.24) is 15.2 Å². The summed E-state index contributed by atoms with van der Waals surface area (Å²) in [6.07, 6.45) is 1.43. The molecule has 0 aliphatic carbocycles. The van der Waals surface area contributed by atoms with Crippen LogP contribution in [0.4, 0.5) is 10.1 Å². The van der Waals surface area contributed by atoms with Gasteiger partial charge in [0.05, 0.1) is 11.9 Å². The number of hydrazone groups is 1. The molecule has 2 aromatic carbocycles. The van der Waals surface area contributed by atoms with Gasteiger partial charge in [-0.25, -0.2) is 9.82 Å². The summed E-state index contributed by atoms with van der Waals surface area (Å²) in [6.45, 7) is 10.9. The van der Waals surface area contributed by atoms with Crippen molar-refractivity contribution < 1.29 is 14.0 Å². The number of rotatable bonds is 12. The van der Waals surface area contributed by atoms with Crippen LogP contribution in [-0.2, 0) is 6.54 Å². The Labute approximate surface area is 222 Å². The number of likely N-dealkylation sites (N-methyl/N-ethyl adjacent to an activating group) is 2. The SMILES string of the molecule is CCN(CC)CCN(C)Cc1cccc(C(=O)Nc2c(C)csc2C(=O)N/N=C/c2ccc(F)cc2)c1. The van der Waals surface area contributed by atoms with Crippen LogP contribution in [0.15, 0.2) is 59.0 Å². The molecule has 0 fully saturated rings. The van der Waals surface area contributed by atoms with Crippen LogP contribution in [0.5, 0.6) is 0 Å². The largest absolute Gasteiger partial charge is 0.320 e. The maximum absolute atomic E-state index is 13.1. The molecule has 0 saturated heterocycles. The molecule has 7 nitrogen and oxygen atoms in total. The van der Waals surface area contributed by atoms with Crippen LogP contribution >= 0.6 is 11.3 Å². The number of carbonyl (C=O) groups excluding carboxylic acids is 2. The first-order valence-electron chi connectivity index (χ1n) is 12.3. The summed E-state index contributed by atoms with van der Waals surface area (Å²) in [5, 5.41) is 8.67. The minimum Gasteiger partial charge on any atom is -0.320 e. The van der Waals surface area contributed by atoms with Crippen molar-refractivity contribution in [1.29, 1.82) is 0 Å². The van der Waals surface area contributed by atoms with E-state index >= 15 is 0 Å². The normalized spacial score (nSPS) is 11.4. The number of hydrogen-bond acceptors (Lipinski definition) is 6. The van der Waals surface area contributed by atoms with Crippen molar-refractivity contribution >= 4 is 35.1 Å². The second-order valence-corrected chi connectivity index (χ2v) is 9.67. The molecule has 0 atom stereocenters. The Morgan fingerprint density at radius 1 is 1.05 bits per heavy atom. The van der Waals surface area contributed by atoms with E-state index in [0.717, 1.165) is 43.9 Å². The lowest BCUT2D eigenvalue weighted by atomic mass is 10.1. The second-order valence-electron chi connectivity index (χ2n) is 8.79. The van der Waals surface area contributed by atoms with E-state index in [0.29, 0.717) is 21.7 Å². The van der Waals surface area contributed by atoms with E-state index in [4.69, 9.17) is 0 Å². The Balaban J connectivity index is 1.63. The second kappa shape index (κ2) is 13.8. The first kappa shape index (κ1) is 28.2. The highest BCUT2D eigenvalue weighted by atomic mass is 32.1. The number of carbonyl (C=O) groups is 2. The van der Waals surface area contributed by atoms with Gasteiger partial charge in [-0.2, -0.15) is 5.10 Å². The van der Waals surface area contributed by atoms with Crippen molar-refractivity contribution in [3.8, 4) is 0 Å². The third kappa shape index (κ3) is 8.31. The summed E-state index contributed by atoms with van der Waals surface area (Å²) in [5.74, 6) is -1.06. The van der Waals surface area contributed by atoms with Crippen molar-refractivity contribution in [3.05, 3.63) is 86.9 Å². The number of halogens is 1. The Morgan fingerprint density at radius 2 is 1.78 bits per heavy atom. The minimum absolute atomic E-state index is 0.280. The summed E-state index contributed by atoms with van der Waals surface area (Å²) < 4.78 is 13.0.